The number of benzene rings is 4. The summed E-state index contributed by atoms with van der Waals surface area (Å²) in [6.45, 7) is 1.75. The molecule has 7 aromatic rings. The number of carboxylic acid groups (broad SMARTS) is 1. The second-order valence-electron chi connectivity index (χ2n) is 27.5. The lowest BCUT2D eigenvalue weighted by atomic mass is 10.0. The minimum Gasteiger partial charge on any atom is -0.508 e. The highest BCUT2D eigenvalue weighted by Gasteiger charge is 2.39. The van der Waals surface area contributed by atoms with Crippen molar-refractivity contribution in [1.29, 1.82) is 5.41 Å². The molecule has 41 heteroatoms. The van der Waals surface area contributed by atoms with Crippen LogP contribution in [0.1, 0.15) is 80.3 Å². The Balaban J connectivity index is 1.16. The lowest BCUT2D eigenvalue weighted by Gasteiger charge is -2.29. The number of fused-ring (bicyclic) bond motifs is 2. The Morgan fingerprint density at radius 2 is 0.863 bits per heavy atom. The molecule has 0 unspecified atom stereocenters. The van der Waals surface area contributed by atoms with Crippen molar-refractivity contribution in [3.05, 3.63) is 156 Å². The molecule has 7 rings (SSSR count). The number of H-pyrrole nitrogens is 3. The van der Waals surface area contributed by atoms with Crippen molar-refractivity contribution in [2.24, 2.45) is 17.2 Å². The van der Waals surface area contributed by atoms with Crippen LogP contribution in [-0.2, 0) is 104 Å². The van der Waals surface area contributed by atoms with Crippen molar-refractivity contribution >= 4 is 142 Å². The third-order valence-electron chi connectivity index (χ3n) is 18.4. The van der Waals surface area contributed by atoms with Gasteiger partial charge in [-0.3, -0.25) is 77.3 Å². The van der Waals surface area contributed by atoms with Crippen LogP contribution in [0, 0.1) is 5.41 Å². The van der Waals surface area contributed by atoms with Crippen LogP contribution in [0.15, 0.2) is 128 Å². The quantitative estimate of drug-likeness (QED) is 0.00752. The normalized spacial score (nSPS) is 14.2. The topological polar surface area (TPSA) is 635 Å². The number of aliphatic carboxylic acids is 1. The zero-order valence-electron chi connectivity index (χ0n) is 63.7. The Hall–Kier alpha value is -13.1. The number of amides is 14. The van der Waals surface area contributed by atoms with E-state index in [0.717, 1.165) is 13.8 Å². The van der Waals surface area contributed by atoms with Crippen molar-refractivity contribution in [2.75, 3.05) is 24.6 Å². The van der Waals surface area contributed by atoms with Crippen molar-refractivity contribution in [2.45, 2.75) is 157 Å². The summed E-state index contributed by atoms with van der Waals surface area (Å²) in [6.07, 6.45) is 0.0636. The number of carbonyl (C=O) groups is 15. The average molecular weight is 1660 g/mol. The Labute approximate surface area is 680 Å². The third-order valence-corrected chi connectivity index (χ3v) is 19.1. The number of aromatic amines is 3. The summed E-state index contributed by atoms with van der Waals surface area (Å²) >= 11 is 8.53. The lowest BCUT2D eigenvalue weighted by molar-refractivity contribution is -0.138. The molecule has 3 heterocycles. The van der Waals surface area contributed by atoms with Gasteiger partial charge in [-0.05, 0) is 79.1 Å². The molecule has 0 bridgehead atoms. The number of nitrogens with one attached hydrogen (secondary N) is 17. The van der Waals surface area contributed by atoms with Crippen LogP contribution in [0.2, 0.25) is 0 Å². The summed E-state index contributed by atoms with van der Waals surface area (Å²) in [5.41, 5.74) is 19.6. The van der Waals surface area contributed by atoms with Gasteiger partial charge in [0.1, 0.15) is 72.2 Å². The minimum absolute atomic E-state index is 0.0528. The molecule has 3 aromatic heterocycles. The first-order valence-corrected chi connectivity index (χ1v) is 38.3. The van der Waals surface area contributed by atoms with E-state index in [2.05, 4.69) is 114 Å². The van der Waals surface area contributed by atoms with Gasteiger partial charge in [0.05, 0.1) is 19.0 Å². The minimum atomic E-state index is -1.87. The fourth-order valence-electron chi connectivity index (χ4n) is 12.3. The van der Waals surface area contributed by atoms with Gasteiger partial charge in [0.15, 0.2) is 5.96 Å². The summed E-state index contributed by atoms with van der Waals surface area (Å²) < 4.78 is 0. The molecule has 0 aliphatic heterocycles. The first-order valence-electron chi connectivity index (χ1n) is 37.0. The van der Waals surface area contributed by atoms with Gasteiger partial charge in [-0.2, -0.15) is 25.3 Å². The monoisotopic (exact) mass is 1660 g/mol. The molecule has 26 N–H and O–H groups in total. The maximum absolute atomic E-state index is 15.3. The number of primary amides is 2. The summed E-state index contributed by atoms with van der Waals surface area (Å²) in [4.78, 5) is 221. The van der Waals surface area contributed by atoms with Crippen LogP contribution in [0.3, 0.4) is 0 Å². The Bertz CT molecular complexity index is 4660. The summed E-state index contributed by atoms with van der Waals surface area (Å²) in [6, 6.07) is 9.74. The molecule has 0 spiro atoms. The van der Waals surface area contributed by atoms with E-state index in [9.17, 15) is 77.6 Å². The van der Waals surface area contributed by atoms with Crippen molar-refractivity contribution in [3.8, 4) is 5.75 Å². The van der Waals surface area contributed by atoms with Crippen LogP contribution < -0.4 is 86.3 Å². The number of carboxylic acids is 1. The number of hydrogen-bond donors (Lipinski definition) is 25. The number of thiol groups is 2. The van der Waals surface area contributed by atoms with Crippen LogP contribution in [0.25, 0.3) is 21.8 Å². The number of guanidine groups is 1. The summed E-state index contributed by atoms with van der Waals surface area (Å²) in [5, 5.41) is 72.9. The van der Waals surface area contributed by atoms with Crippen molar-refractivity contribution in [1.82, 2.24) is 89.1 Å². The highest BCUT2D eigenvalue weighted by atomic mass is 32.1. The van der Waals surface area contributed by atoms with E-state index >= 15 is 9.59 Å². The number of aliphatic hydroxyl groups is 1. The maximum Gasteiger partial charge on any atom is 0.303 e. The van der Waals surface area contributed by atoms with Gasteiger partial charge in [0.2, 0.25) is 82.7 Å². The number of para-hydroxylation sites is 2. The number of aromatic nitrogens is 4. The van der Waals surface area contributed by atoms with Gasteiger partial charge in [-0.25, -0.2) is 4.98 Å². The standard InChI is InChI=1S/C76H97N21O18S2/c1-39(98)64(97-68(108)51(17-10-26-82-76(79)80)88-73(113)59(36-116)87-40(2)99)75(115)95-57(30-44-33-84-50-16-9-7-14-48(44)50)70(110)89-52(22-24-61(77)101)67(107)96-60(37-117)74(114)92-55(28-42-18-20-46(100)21-19-42)69(109)93-56(29-43-32-83-49-15-8-6-13-47(43)49)71(111)94-58(31-45-34-81-38-86-45)72(112)90-53(23-25-63(103)104)66(106)91-54(65(105)85-35-62(78)102)27-41-11-4-3-5-12-41/h3-9,11-16,18-21,32-34,38-39,51-60,64,83-84,98,100,116-117H,10,17,22-31,35-37H2,1-2H3,(H2,77,101)(H2,78,102)(H,81,86)(H,85,105)(H,87,99)(H,88,113)(H,89,110)(H,90,112)(H,91,106)(H,92,114)(H,93,109)(H,94,111)(H,95,115)(H,96,107)(H,97,108)(H,103,104)(H4,79,80,82)/t39-,51+,52+,53+,54+,55+,56+,57+,58+,59+,60+,64+/m1/s1. The highest BCUT2D eigenvalue weighted by Crippen LogP contribution is 2.23. The largest absolute Gasteiger partial charge is 0.508 e. The second-order valence-corrected chi connectivity index (χ2v) is 28.2. The number of imidazole rings is 1. The average Bonchev–Trinajstić information content (AvgIpc) is 1.72. The number of aliphatic hydroxyl groups excluding tert-OH is 1. The predicted molar refractivity (Wildman–Crippen MR) is 431 cm³/mol. The van der Waals surface area contributed by atoms with Gasteiger partial charge in [0.25, 0.3) is 0 Å². The Morgan fingerprint density at radius 1 is 0.453 bits per heavy atom. The van der Waals surface area contributed by atoms with Crippen LogP contribution in [0.5, 0.6) is 5.75 Å². The van der Waals surface area contributed by atoms with E-state index in [1.807, 2.05) is 0 Å². The predicted octanol–water partition coefficient (Wildman–Crippen LogP) is -3.82. The highest BCUT2D eigenvalue weighted by molar-refractivity contribution is 7.80. The molecule has 117 heavy (non-hydrogen) atoms. The zero-order valence-corrected chi connectivity index (χ0v) is 65.5. The van der Waals surface area contributed by atoms with Gasteiger partial charge in [-0.15, -0.1) is 0 Å². The molecule has 0 saturated heterocycles. The number of phenolic OH excluding ortho intramolecular Hbond substituents is 1. The molecule has 39 nitrogen and oxygen atoms in total. The van der Waals surface area contributed by atoms with Gasteiger partial charge >= 0.3 is 5.97 Å². The molecule has 0 fully saturated rings. The fourth-order valence-corrected chi connectivity index (χ4v) is 12.9. The molecule has 0 aliphatic rings. The van der Waals surface area contributed by atoms with Crippen LogP contribution in [-0.4, -0.2) is 227 Å². The molecular formula is C76H97N21O18S2. The number of hydrogen-bond acceptors (Lipinski definition) is 21. The van der Waals surface area contributed by atoms with Crippen molar-refractivity contribution < 1.29 is 87.2 Å². The Kier molecular flexibility index (Phi) is 35.2. The van der Waals surface area contributed by atoms with E-state index in [0.29, 0.717) is 44.1 Å². The Morgan fingerprint density at radius 3 is 1.32 bits per heavy atom. The van der Waals surface area contributed by atoms with E-state index in [1.165, 1.54) is 36.8 Å². The number of nitrogens with zero attached hydrogens (tertiary/aromatic N) is 1. The number of rotatable bonds is 47. The molecule has 0 saturated carbocycles. The number of phenols is 1. The van der Waals surface area contributed by atoms with E-state index < -0.39 is 199 Å². The van der Waals surface area contributed by atoms with Gasteiger partial charge in [0, 0.05) is 116 Å². The summed E-state index contributed by atoms with van der Waals surface area (Å²) in [5.74, 6) is -16.5. The smallest absolute Gasteiger partial charge is 0.303 e. The van der Waals surface area contributed by atoms with E-state index in [4.69, 9.17) is 22.6 Å². The SMILES string of the molecule is CC(=O)N[C@@H](CS)C(=O)N[C@@H](CCCNC(=N)N)C(=O)N[C@H](C(=O)N[C@@H](Cc1c[nH]c2ccccc12)C(=O)N[C@@H](CCC(N)=O)C(=O)N[C@@H](CS)C(=O)N[C@@H](Cc1ccc(O)cc1)C(=O)N[C@@H](Cc1c[nH]c2ccccc12)C(=O)N[C@@H](Cc1cnc[nH]1)C(=O)N[C@@H](CCC(=O)O)C(=O)N[C@@H](Cc1ccccc1)C(=O)NCC(N)=O)[C@@H](C)O. The zero-order chi connectivity index (χ0) is 85.4. The van der Waals surface area contributed by atoms with Crippen LogP contribution >= 0.6 is 25.3 Å². The molecule has 626 valence electrons. The lowest BCUT2D eigenvalue weighted by Crippen LogP contribution is -2.62. The first kappa shape index (κ1) is 91.1. The fraction of sp³-hybridized carbons (Fsp3) is 0.382. The molecular weight excluding hydrogens is 1560 g/mol. The molecule has 12 atom stereocenters. The number of carbonyl (C=O) groups excluding carboxylic acids is 14. The molecule has 14 amide bonds. The van der Waals surface area contributed by atoms with Crippen LogP contribution in [0.4, 0.5) is 0 Å². The molecule has 4 aromatic carbocycles. The van der Waals surface area contributed by atoms with E-state index in [-0.39, 0.29) is 74.6 Å². The van der Waals surface area contributed by atoms with Crippen molar-refractivity contribution in [3.63, 3.8) is 0 Å². The summed E-state index contributed by atoms with van der Waals surface area (Å²) in [7, 11) is 0. The van der Waals surface area contributed by atoms with E-state index in [1.54, 1.807) is 91.3 Å². The third kappa shape index (κ3) is 29.1. The maximum atomic E-state index is 15.3. The molecule has 0 radical (unpaired) electrons. The first-order chi connectivity index (χ1) is 55.8. The van der Waals surface area contributed by atoms with Gasteiger partial charge in [-0.1, -0.05) is 78.9 Å². The number of nitrogens with two attached hydrogens (primary N) is 3. The molecule has 0 aliphatic carbocycles. The second kappa shape index (κ2) is 45.1. The number of aromatic hydroxyl groups is 1. The van der Waals surface area contributed by atoms with Gasteiger partial charge < -0.3 is 117 Å².